The van der Waals surface area contributed by atoms with Gasteiger partial charge in [0.15, 0.2) is 5.65 Å². The Labute approximate surface area is 149 Å². The molecule has 1 aromatic carbocycles. The summed E-state index contributed by atoms with van der Waals surface area (Å²) in [5.41, 5.74) is 1.49. The fourth-order valence-corrected chi connectivity index (χ4v) is 2.65. The number of amides is 1. The van der Waals surface area contributed by atoms with Gasteiger partial charge in [-0.1, -0.05) is 6.07 Å². The molecule has 1 amide bonds. The van der Waals surface area contributed by atoms with E-state index < -0.39 is 4.92 Å². The van der Waals surface area contributed by atoms with Crippen LogP contribution < -0.4 is 10.2 Å². The van der Waals surface area contributed by atoms with Crippen molar-refractivity contribution in [3.63, 3.8) is 0 Å². The maximum absolute atomic E-state index is 12.5. The number of carbonyl (C=O) groups is 1. The largest absolute Gasteiger partial charge is 0.377 e. The molecule has 0 atom stereocenters. The van der Waals surface area contributed by atoms with Crippen molar-refractivity contribution < 1.29 is 9.72 Å². The molecule has 0 aliphatic heterocycles. The molecule has 0 aliphatic rings. The molecule has 2 aromatic heterocycles. The summed E-state index contributed by atoms with van der Waals surface area (Å²) in [5.74, 6) is 0.360. The topological polar surface area (TPSA) is 106 Å². The normalized spacial score (nSPS) is 10.7. The highest BCUT2D eigenvalue weighted by Gasteiger charge is 2.18. The number of nitrogens with one attached hydrogen (secondary N) is 1. The maximum Gasteiger partial charge on any atom is 0.270 e. The van der Waals surface area contributed by atoms with Crippen molar-refractivity contribution in [1.29, 1.82) is 0 Å². The summed E-state index contributed by atoms with van der Waals surface area (Å²) >= 11 is 0. The lowest BCUT2D eigenvalue weighted by molar-refractivity contribution is -0.384. The lowest BCUT2D eigenvalue weighted by Crippen LogP contribution is -2.28. The molecule has 2 heterocycles. The molecule has 0 fully saturated rings. The van der Waals surface area contributed by atoms with Crippen LogP contribution in [0.25, 0.3) is 5.65 Å². The average Bonchev–Trinajstić information content (AvgIpc) is 3.04. The van der Waals surface area contributed by atoms with Crippen LogP contribution in [0.1, 0.15) is 16.2 Å². The van der Waals surface area contributed by atoms with Crippen LogP contribution >= 0.6 is 0 Å². The Morgan fingerprint density at radius 3 is 2.81 bits per heavy atom. The second-order valence-corrected chi connectivity index (χ2v) is 5.90. The highest BCUT2D eigenvalue weighted by molar-refractivity contribution is 6.00. The summed E-state index contributed by atoms with van der Waals surface area (Å²) in [6.07, 6.45) is 2.35. The van der Waals surface area contributed by atoms with E-state index in [1.165, 1.54) is 12.1 Å². The molecule has 0 saturated heterocycles. The lowest BCUT2D eigenvalue weighted by Gasteiger charge is -2.16. The van der Waals surface area contributed by atoms with Crippen LogP contribution in [0.5, 0.6) is 0 Å². The summed E-state index contributed by atoms with van der Waals surface area (Å²) in [5, 5.41) is 22.0. The first-order chi connectivity index (χ1) is 12.5. The predicted molar refractivity (Wildman–Crippen MR) is 96.4 cm³/mol. The van der Waals surface area contributed by atoms with Gasteiger partial charge in [0.25, 0.3) is 11.6 Å². The summed E-state index contributed by atoms with van der Waals surface area (Å²) < 4.78 is 1.85. The van der Waals surface area contributed by atoms with E-state index in [1.807, 2.05) is 28.8 Å². The third-order valence-corrected chi connectivity index (χ3v) is 3.94. The average molecular weight is 354 g/mol. The molecule has 0 spiro atoms. The number of nitro benzene ring substituents is 1. The van der Waals surface area contributed by atoms with Crippen molar-refractivity contribution >= 4 is 22.9 Å². The molecule has 26 heavy (non-hydrogen) atoms. The van der Waals surface area contributed by atoms with Gasteiger partial charge < -0.3 is 10.2 Å². The highest BCUT2D eigenvalue weighted by Crippen LogP contribution is 2.24. The Morgan fingerprint density at radius 2 is 2.08 bits per heavy atom. The number of carbonyl (C=O) groups excluding carboxylic acids is 1. The lowest BCUT2D eigenvalue weighted by atomic mass is 10.1. The van der Waals surface area contributed by atoms with Gasteiger partial charge in [-0.05, 0) is 18.2 Å². The van der Waals surface area contributed by atoms with E-state index in [0.29, 0.717) is 18.7 Å². The summed E-state index contributed by atoms with van der Waals surface area (Å²) in [4.78, 5) is 24.8. The minimum absolute atomic E-state index is 0.121. The Morgan fingerprint density at radius 1 is 1.27 bits per heavy atom. The smallest absolute Gasteiger partial charge is 0.270 e. The standard InChI is InChI=1S/C17H18N6O3/c1-21(2)14-7-6-12(23(25)26)11-13(14)17(24)18-9-8-16-20-19-15-5-3-4-10-22(15)16/h3-7,10-11H,8-9H2,1-2H3,(H,18,24). The molecule has 0 radical (unpaired) electrons. The number of fused-ring (bicyclic) bond motifs is 1. The first-order valence-corrected chi connectivity index (χ1v) is 8.00. The third-order valence-electron chi connectivity index (χ3n) is 3.94. The summed E-state index contributed by atoms with van der Waals surface area (Å²) in [7, 11) is 3.56. The van der Waals surface area contributed by atoms with Crippen LogP contribution in [0.15, 0.2) is 42.6 Å². The van der Waals surface area contributed by atoms with Crippen LogP contribution in [0.3, 0.4) is 0 Å². The van der Waals surface area contributed by atoms with Gasteiger partial charge in [-0.3, -0.25) is 19.3 Å². The summed E-state index contributed by atoms with van der Waals surface area (Å²) in [6.45, 7) is 0.337. The van der Waals surface area contributed by atoms with Gasteiger partial charge in [0.05, 0.1) is 10.5 Å². The summed E-state index contributed by atoms with van der Waals surface area (Å²) in [6, 6.07) is 9.85. The van der Waals surface area contributed by atoms with E-state index in [2.05, 4.69) is 15.5 Å². The molecule has 0 saturated carbocycles. The molecule has 9 nitrogen and oxygen atoms in total. The molecule has 0 unspecified atom stereocenters. The number of non-ortho nitro benzene ring substituents is 1. The zero-order chi connectivity index (χ0) is 18.7. The van der Waals surface area contributed by atoms with Crippen molar-refractivity contribution in [3.05, 3.63) is 64.1 Å². The third kappa shape index (κ3) is 3.46. The monoisotopic (exact) mass is 354 g/mol. The second-order valence-electron chi connectivity index (χ2n) is 5.90. The number of hydrogen-bond acceptors (Lipinski definition) is 6. The molecule has 134 valence electrons. The molecular weight excluding hydrogens is 336 g/mol. The second kappa shape index (κ2) is 7.18. The zero-order valence-corrected chi connectivity index (χ0v) is 14.4. The van der Waals surface area contributed by atoms with Crippen molar-refractivity contribution in [2.24, 2.45) is 0 Å². The molecule has 9 heteroatoms. The molecule has 1 N–H and O–H groups in total. The molecule has 3 aromatic rings. The number of nitro groups is 1. The Kier molecular flexibility index (Phi) is 4.78. The van der Waals surface area contributed by atoms with Crippen molar-refractivity contribution in [2.75, 3.05) is 25.5 Å². The van der Waals surface area contributed by atoms with Gasteiger partial charge in [-0.15, -0.1) is 10.2 Å². The zero-order valence-electron chi connectivity index (χ0n) is 14.4. The van der Waals surface area contributed by atoms with Crippen molar-refractivity contribution in [3.8, 4) is 0 Å². The first-order valence-electron chi connectivity index (χ1n) is 8.00. The number of aromatic nitrogens is 3. The van der Waals surface area contributed by atoms with Gasteiger partial charge in [0, 0.05) is 51.1 Å². The van der Waals surface area contributed by atoms with Gasteiger partial charge in [0.2, 0.25) is 0 Å². The van der Waals surface area contributed by atoms with Gasteiger partial charge in [-0.2, -0.15) is 0 Å². The van der Waals surface area contributed by atoms with Gasteiger partial charge in [0.1, 0.15) is 5.82 Å². The SMILES string of the molecule is CN(C)c1ccc([N+](=O)[O-])cc1C(=O)NCCc1nnc2ccccn12. The number of rotatable bonds is 6. The number of anilines is 1. The Bertz CT molecular complexity index is 966. The van der Waals surface area contributed by atoms with E-state index in [-0.39, 0.29) is 17.2 Å². The fourth-order valence-electron chi connectivity index (χ4n) is 2.65. The van der Waals surface area contributed by atoms with Crippen molar-refractivity contribution in [1.82, 2.24) is 19.9 Å². The van der Waals surface area contributed by atoms with Crippen molar-refractivity contribution in [2.45, 2.75) is 6.42 Å². The molecule has 3 rings (SSSR count). The van der Waals surface area contributed by atoms with Gasteiger partial charge in [-0.25, -0.2) is 0 Å². The number of hydrogen-bond donors (Lipinski definition) is 1. The predicted octanol–water partition coefficient (Wildman–Crippen LogP) is 1.68. The molecular formula is C17H18N6O3. The highest BCUT2D eigenvalue weighted by atomic mass is 16.6. The molecule has 0 aliphatic carbocycles. The number of benzene rings is 1. The van der Waals surface area contributed by atoms with E-state index in [4.69, 9.17) is 0 Å². The molecule has 0 bridgehead atoms. The Balaban J connectivity index is 1.73. The van der Waals surface area contributed by atoms with Gasteiger partial charge >= 0.3 is 0 Å². The minimum Gasteiger partial charge on any atom is -0.377 e. The minimum atomic E-state index is -0.515. The number of nitrogens with zero attached hydrogens (tertiary/aromatic N) is 5. The van der Waals surface area contributed by atoms with E-state index in [0.717, 1.165) is 11.5 Å². The van der Waals surface area contributed by atoms with E-state index in [9.17, 15) is 14.9 Å². The number of pyridine rings is 1. The van der Waals surface area contributed by atoms with E-state index in [1.54, 1.807) is 25.1 Å². The maximum atomic E-state index is 12.5. The first kappa shape index (κ1) is 17.3. The van der Waals surface area contributed by atoms with Crippen LogP contribution in [-0.2, 0) is 6.42 Å². The van der Waals surface area contributed by atoms with Crippen LogP contribution in [0.2, 0.25) is 0 Å². The van der Waals surface area contributed by atoms with Crippen LogP contribution in [0.4, 0.5) is 11.4 Å². The Hall–Kier alpha value is -3.49. The fraction of sp³-hybridized carbons (Fsp3) is 0.235. The van der Waals surface area contributed by atoms with E-state index >= 15 is 0 Å². The van der Waals surface area contributed by atoms with Crippen LogP contribution in [-0.4, -0.2) is 46.1 Å². The van der Waals surface area contributed by atoms with Crippen LogP contribution in [0, 0.1) is 10.1 Å². The quantitative estimate of drug-likeness (QED) is 0.533.